The van der Waals surface area contributed by atoms with E-state index in [-0.39, 0.29) is 11.5 Å². The highest BCUT2D eigenvalue weighted by Crippen LogP contribution is 2.38. The summed E-state index contributed by atoms with van der Waals surface area (Å²) in [6.45, 7) is 8.52. The van der Waals surface area contributed by atoms with Gasteiger partial charge in [-0.3, -0.25) is 0 Å². The van der Waals surface area contributed by atoms with Crippen LogP contribution in [0.25, 0.3) is 0 Å². The van der Waals surface area contributed by atoms with Gasteiger partial charge in [-0.05, 0) is 31.7 Å². The van der Waals surface area contributed by atoms with Crippen molar-refractivity contribution in [2.75, 3.05) is 0 Å². The average Bonchev–Trinajstić information content (AvgIpc) is 2.97. The second-order valence-corrected chi connectivity index (χ2v) is 5.87. The summed E-state index contributed by atoms with van der Waals surface area (Å²) in [6, 6.07) is 2.09. The molecule has 1 fully saturated rings. The first-order valence-electron chi connectivity index (χ1n) is 5.99. The Labute approximate surface area is 97.5 Å². The lowest BCUT2D eigenvalue weighted by Gasteiger charge is -2.20. The molecule has 1 unspecified atom stereocenters. The van der Waals surface area contributed by atoms with Gasteiger partial charge in [-0.2, -0.15) is 0 Å². The molecule has 1 aliphatic rings. The highest BCUT2D eigenvalue weighted by Gasteiger charge is 2.32. The summed E-state index contributed by atoms with van der Waals surface area (Å²) in [7, 11) is 0. The van der Waals surface area contributed by atoms with Crippen LogP contribution in [0.5, 0.6) is 0 Å². The van der Waals surface area contributed by atoms with Gasteiger partial charge in [0.1, 0.15) is 5.82 Å². The van der Waals surface area contributed by atoms with Gasteiger partial charge in [-0.15, -0.1) is 0 Å². The van der Waals surface area contributed by atoms with Crippen LogP contribution in [-0.2, 0) is 5.41 Å². The van der Waals surface area contributed by atoms with Crippen molar-refractivity contribution < 1.29 is 0 Å². The topological polar surface area (TPSA) is 51.8 Å². The van der Waals surface area contributed by atoms with Crippen LogP contribution in [0, 0.1) is 12.8 Å². The molecular weight excluding hydrogens is 198 g/mol. The molecule has 2 rings (SSSR count). The van der Waals surface area contributed by atoms with Crippen LogP contribution in [0.2, 0.25) is 0 Å². The van der Waals surface area contributed by atoms with Gasteiger partial charge in [0.25, 0.3) is 0 Å². The van der Waals surface area contributed by atoms with Gasteiger partial charge < -0.3 is 5.73 Å². The van der Waals surface area contributed by atoms with E-state index in [9.17, 15) is 0 Å². The third kappa shape index (κ3) is 2.40. The number of nitrogens with zero attached hydrogens (tertiary/aromatic N) is 2. The van der Waals surface area contributed by atoms with Crippen LogP contribution in [0.15, 0.2) is 6.07 Å². The predicted octanol–water partition coefficient (Wildman–Crippen LogP) is 2.49. The van der Waals surface area contributed by atoms with Crippen molar-refractivity contribution >= 4 is 0 Å². The van der Waals surface area contributed by atoms with Gasteiger partial charge >= 0.3 is 0 Å². The summed E-state index contributed by atoms with van der Waals surface area (Å²) < 4.78 is 0. The molecule has 1 atom stereocenters. The number of rotatable bonds is 2. The Morgan fingerprint density at radius 1 is 1.31 bits per heavy atom. The van der Waals surface area contributed by atoms with Crippen molar-refractivity contribution in [1.29, 1.82) is 0 Å². The maximum absolute atomic E-state index is 6.16. The standard InChI is InChI=1S/C13H21N3/c1-8-7-10(13(2,3)4)16-12(15-8)11(14)9-5-6-9/h7,9,11H,5-6,14H2,1-4H3. The van der Waals surface area contributed by atoms with E-state index in [0.717, 1.165) is 17.2 Å². The van der Waals surface area contributed by atoms with E-state index in [0.29, 0.717) is 5.92 Å². The van der Waals surface area contributed by atoms with Crippen molar-refractivity contribution in [3.63, 3.8) is 0 Å². The first kappa shape index (κ1) is 11.5. The molecule has 0 aromatic carbocycles. The van der Waals surface area contributed by atoms with Crippen molar-refractivity contribution in [1.82, 2.24) is 9.97 Å². The van der Waals surface area contributed by atoms with E-state index < -0.39 is 0 Å². The molecule has 0 saturated heterocycles. The Morgan fingerprint density at radius 3 is 2.44 bits per heavy atom. The van der Waals surface area contributed by atoms with Crippen LogP contribution in [0.1, 0.15) is 56.9 Å². The zero-order valence-electron chi connectivity index (χ0n) is 10.6. The van der Waals surface area contributed by atoms with E-state index in [1.54, 1.807) is 0 Å². The van der Waals surface area contributed by atoms with Crippen molar-refractivity contribution in [2.24, 2.45) is 11.7 Å². The highest BCUT2D eigenvalue weighted by atomic mass is 15.0. The van der Waals surface area contributed by atoms with Gasteiger partial charge in [0.2, 0.25) is 0 Å². The number of aromatic nitrogens is 2. The third-order valence-corrected chi connectivity index (χ3v) is 3.07. The lowest BCUT2D eigenvalue weighted by atomic mass is 9.91. The molecule has 16 heavy (non-hydrogen) atoms. The Balaban J connectivity index is 2.35. The van der Waals surface area contributed by atoms with E-state index in [2.05, 4.69) is 36.8 Å². The minimum Gasteiger partial charge on any atom is -0.321 e. The largest absolute Gasteiger partial charge is 0.321 e. The van der Waals surface area contributed by atoms with Crippen LogP contribution in [0.3, 0.4) is 0 Å². The first-order chi connectivity index (χ1) is 7.38. The minimum absolute atomic E-state index is 0.0287. The van der Waals surface area contributed by atoms with E-state index in [1.807, 2.05) is 6.92 Å². The fourth-order valence-corrected chi connectivity index (χ4v) is 1.79. The van der Waals surface area contributed by atoms with Gasteiger partial charge in [0.05, 0.1) is 6.04 Å². The van der Waals surface area contributed by atoms with Gasteiger partial charge in [0, 0.05) is 16.8 Å². The lowest BCUT2D eigenvalue weighted by Crippen LogP contribution is -2.21. The summed E-state index contributed by atoms with van der Waals surface area (Å²) in [5.74, 6) is 1.43. The van der Waals surface area contributed by atoms with Crippen LogP contribution >= 0.6 is 0 Å². The molecule has 0 radical (unpaired) electrons. The molecule has 0 amide bonds. The third-order valence-electron chi connectivity index (χ3n) is 3.07. The summed E-state index contributed by atoms with van der Waals surface area (Å²) in [5, 5.41) is 0. The number of nitrogens with two attached hydrogens (primary N) is 1. The molecule has 88 valence electrons. The van der Waals surface area contributed by atoms with Crippen molar-refractivity contribution in [3.8, 4) is 0 Å². The summed E-state index contributed by atoms with van der Waals surface area (Å²) in [4.78, 5) is 9.10. The van der Waals surface area contributed by atoms with E-state index in [1.165, 1.54) is 12.8 Å². The second kappa shape index (κ2) is 3.81. The molecule has 1 aromatic rings. The quantitative estimate of drug-likeness (QED) is 0.831. The lowest BCUT2D eigenvalue weighted by molar-refractivity contribution is 0.536. The van der Waals surface area contributed by atoms with Crippen molar-refractivity contribution in [2.45, 2.75) is 52.0 Å². The molecule has 2 N–H and O–H groups in total. The SMILES string of the molecule is Cc1cc(C(C)(C)C)nc(C(N)C2CC2)n1. The Morgan fingerprint density at radius 2 is 1.94 bits per heavy atom. The van der Waals surface area contributed by atoms with Gasteiger partial charge in [-0.1, -0.05) is 20.8 Å². The zero-order valence-corrected chi connectivity index (χ0v) is 10.6. The fourth-order valence-electron chi connectivity index (χ4n) is 1.79. The summed E-state index contributed by atoms with van der Waals surface area (Å²) >= 11 is 0. The summed E-state index contributed by atoms with van der Waals surface area (Å²) in [5.41, 5.74) is 8.33. The van der Waals surface area contributed by atoms with Gasteiger partial charge in [-0.25, -0.2) is 9.97 Å². The molecule has 0 aliphatic heterocycles. The molecule has 1 saturated carbocycles. The van der Waals surface area contributed by atoms with Crippen LogP contribution in [-0.4, -0.2) is 9.97 Å². The summed E-state index contributed by atoms with van der Waals surface area (Å²) in [6.07, 6.45) is 2.45. The monoisotopic (exact) mass is 219 g/mol. The number of aryl methyl sites for hydroxylation is 1. The van der Waals surface area contributed by atoms with E-state index >= 15 is 0 Å². The minimum atomic E-state index is 0.0287. The normalized spacial score (nSPS) is 18.6. The second-order valence-electron chi connectivity index (χ2n) is 5.87. The fraction of sp³-hybridized carbons (Fsp3) is 0.692. The van der Waals surface area contributed by atoms with Crippen LogP contribution < -0.4 is 5.73 Å². The number of hydrogen-bond donors (Lipinski definition) is 1. The van der Waals surface area contributed by atoms with Crippen molar-refractivity contribution in [3.05, 3.63) is 23.3 Å². The Hall–Kier alpha value is -0.960. The molecule has 1 aliphatic carbocycles. The first-order valence-corrected chi connectivity index (χ1v) is 5.99. The Kier molecular flexibility index (Phi) is 2.74. The smallest absolute Gasteiger partial charge is 0.145 e. The molecule has 3 heteroatoms. The van der Waals surface area contributed by atoms with E-state index in [4.69, 9.17) is 5.73 Å². The zero-order chi connectivity index (χ0) is 11.9. The molecule has 3 nitrogen and oxygen atoms in total. The maximum Gasteiger partial charge on any atom is 0.145 e. The molecule has 0 spiro atoms. The predicted molar refractivity (Wildman–Crippen MR) is 65.1 cm³/mol. The highest BCUT2D eigenvalue weighted by molar-refractivity contribution is 5.19. The average molecular weight is 219 g/mol. The Bertz CT molecular complexity index is 389. The molecule has 1 aromatic heterocycles. The molecule has 1 heterocycles. The molecular formula is C13H21N3. The molecule has 0 bridgehead atoms. The van der Waals surface area contributed by atoms with Crippen LogP contribution in [0.4, 0.5) is 0 Å². The number of hydrogen-bond acceptors (Lipinski definition) is 3. The van der Waals surface area contributed by atoms with Gasteiger partial charge in [0.15, 0.2) is 0 Å². The maximum atomic E-state index is 6.16.